The van der Waals surface area contributed by atoms with Crippen molar-refractivity contribution in [3.8, 4) is 5.75 Å². The Morgan fingerprint density at radius 2 is 1.74 bits per heavy atom. The molecule has 0 bridgehead atoms. The van der Waals surface area contributed by atoms with Crippen LogP contribution in [0, 0.1) is 18.3 Å². The van der Waals surface area contributed by atoms with Gasteiger partial charge in [-0.1, -0.05) is 64.1 Å². The number of aliphatic hydroxyl groups excluding tert-OH is 2. The predicted molar refractivity (Wildman–Crippen MR) is 143 cm³/mol. The van der Waals surface area contributed by atoms with Gasteiger partial charge in [-0.2, -0.15) is 0 Å². The molecule has 0 aromatic heterocycles. The topological polar surface area (TPSA) is 139 Å². The summed E-state index contributed by atoms with van der Waals surface area (Å²) in [5, 5.41) is 37.7. The van der Waals surface area contributed by atoms with Crippen LogP contribution >= 0.6 is 0 Å². The van der Waals surface area contributed by atoms with E-state index in [1.807, 2.05) is 44.2 Å². The maximum atomic E-state index is 13.7. The Kier molecular flexibility index (Phi) is 9.17. The monoisotopic (exact) mass is 525 g/mol. The molecule has 1 aliphatic heterocycles. The molecule has 1 fully saturated rings. The Labute approximate surface area is 223 Å². The number of nitrogens with zero attached hydrogens (tertiary/aromatic N) is 1. The van der Waals surface area contributed by atoms with Crippen LogP contribution in [0.2, 0.25) is 0 Å². The second-order valence-corrected chi connectivity index (χ2v) is 11.0. The van der Waals surface area contributed by atoms with E-state index < -0.39 is 47.4 Å². The summed E-state index contributed by atoms with van der Waals surface area (Å²) in [7, 11) is 0. The van der Waals surface area contributed by atoms with Crippen LogP contribution in [0.15, 0.2) is 48.5 Å². The zero-order valence-corrected chi connectivity index (χ0v) is 22.6. The molecule has 2 aromatic carbocycles. The van der Waals surface area contributed by atoms with Gasteiger partial charge in [-0.05, 0) is 37.0 Å². The Morgan fingerprint density at radius 1 is 1.08 bits per heavy atom. The maximum absolute atomic E-state index is 13.7. The van der Waals surface area contributed by atoms with Crippen molar-refractivity contribution >= 4 is 17.7 Å². The summed E-state index contributed by atoms with van der Waals surface area (Å²) in [6.07, 6.45) is -2.54. The van der Waals surface area contributed by atoms with E-state index in [4.69, 9.17) is 0 Å². The van der Waals surface area contributed by atoms with Gasteiger partial charge in [0.25, 0.3) is 11.8 Å². The predicted octanol–water partition coefficient (Wildman–Crippen LogP) is 1.77. The van der Waals surface area contributed by atoms with Crippen molar-refractivity contribution in [2.45, 2.75) is 65.3 Å². The molecule has 4 atom stereocenters. The van der Waals surface area contributed by atoms with Gasteiger partial charge in [0.1, 0.15) is 11.8 Å². The van der Waals surface area contributed by atoms with Crippen LogP contribution in [0.4, 0.5) is 0 Å². The van der Waals surface area contributed by atoms with Gasteiger partial charge < -0.3 is 30.9 Å². The van der Waals surface area contributed by atoms with Gasteiger partial charge in [0.2, 0.25) is 5.91 Å². The lowest BCUT2D eigenvalue weighted by Crippen LogP contribution is -2.58. The van der Waals surface area contributed by atoms with Crippen LogP contribution in [0.25, 0.3) is 0 Å². The van der Waals surface area contributed by atoms with Gasteiger partial charge in [-0.15, -0.1) is 0 Å². The molecule has 9 heteroatoms. The van der Waals surface area contributed by atoms with Crippen LogP contribution in [0.3, 0.4) is 0 Å². The summed E-state index contributed by atoms with van der Waals surface area (Å²) < 4.78 is 0. The highest BCUT2D eigenvalue weighted by molar-refractivity contribution is 5.97. The largest absolute Gasteiger partial charge is 0.508 e. The second kappa shape index (κ2) is 12.0. The van der Waals surface area contributed by atoms with Gasteiger partial charge >= 0.3 is 0 Å². The zero-order chi connectivity index (χ0) is 28.2. The third kappa shape index (κ3) is 6.34. The van der Waals surface area contributed by atoms with E-state index in [9.17, 15) is 29.7 Å². The van der Waals surface area contributed by atoms with Crippen molar-refractivity contribution in [3.63, 3.8) is 0 Å². The Morgan fingerprint density at radius 3 is 2.37 bits per heavy atom. The van der Waals surface area contributed by atoms with Gasteiger partial charge in [0.15, 0.2) is 6.10 Å². The number of nitrogens with one attached hydrogen (secondary N) is 2. The molecule has 38 heavy (non-hydrogen) atoms. The fourth-order valence-corrected chi connectivity index (χ4v) is 4.78. The molecule has 0 aliphatic carbocycles. The minimum Gasteiger partial charge on any atom is -0.508 e. The molecule has 0 unspecified atom stereocenters. The van der Waals surface area contributed by atoms with Crippen molar-refractivity contribution in [1.29, 1.82) is 0 Å². The highest BCUT2D eigenvalue weighted by atomic mass is 16.3. The number of carbonyl (C=O) groups is 3. The number of hydrogen-bond acceptors (Lipinski definition) is 6. The van der Waals surface area contributed by atoms with Crippen LogP contribution in [-0.4, -0.2) is 75.3 Å². The van der Waals surface area contributed by atoms with Crippen LogP contribution in [0.1, 0.15) is 49.2 Å². The first-order valence-corrected chi connectivity index (χ1v) is 12.9. The molecule has 9 nitrogen and oxygen atoms in total. The molecule has 1 saturated heterocycles. The van der Waals surface area contributed by atoms with Gasteiger partial charge in [-0.25, -0.2) is 0 Å². The third-order valence-electron chi connectivity index (χ3n) is 7.26. The molecule has 0 spiro atoms. The Bertz CT molecular complexity index is 1150. The maximum Gasteiger partial charge on any atom is 0.254 e. The smallest absolute Gasteiger partial charge is 0.254 e. The minimum atomic E-state index is -1.70. The summed E-state index contributed by atoms with van der Waals surface area (Å²) in [5.74, 6) is -1.57. The summed E-state index contributed by atoms with van der Waals surface area (Å²) >= 11 is 0. The molecule has 3 rings (SSSR count). The second-order valence-electron chi connectivity index (χ2n) is 11.0. The Hall–Kier alpha value is -3.43. The van der Waals surface area contributed by atoms with E-state index in [1.54, 1.807) is 32.9 Å². The van der Waals surface area contributed by atoms with Gasteiger partial charge in [-0.3, -0.25) is 14.4 Å². The molecule has 0 saturated carbocycles. The molecule has 206 valence electrons. The summed E-state index contributed by atoms with van der Waals surface area (Å²) in [6.45, 7) is 9.21. The number of rotatable bonds is 9. The number of aromatic hydroxyl groups is 1. The summed E-state index contributed by atoms with van der Waals surface area (Å²) in [6, 6.07) is 11.6. The molecular formula is C29H39N3O6. The number of likely N-dealkylation sites (tertiary alicyclic amines) is 1. The average molecular weight is 526 g/mol. The number of phenolic OH excluding ortho intramolecular Hbond substituents is 1. The van der Waals surface area contributed by atoms with Crippen molar-refractivity contribution < 1.29 is 29.7 Å². The Balaban J connectivity index is 1.90. The first-order chi connectivity index (χ1) is 17.8. The van der Waals surface area contributed by atoms with E-state index in [0.717, 1.165) is 5.56 Å². The van der Waals surface area contributed by atoms with E-state index in [0.29, 0.717) is 12.1 Å². The molecule has 2 aromatic rings. The number of phenols is 1. The molecule has 0 radical (unpaired) electrons. The van der Waals surface area contributed by atoms with Crippen molar-refractivity contribution in [2.75, 3.05) is 13.1 Å². The summed E-state index contributed by atoms with van der Waals surface area (Å²) in [4.78, 5) is 41.2. The lowest BCUT2D eigenvalue weighted by molar-refractivity contribution is -0.148. The number of carbonyl (C=O) groups excluding carboxylic acids is 3. The minimum absolute atomic E-state index is 0.0441. The number of amides is 3. The van der Waals surface area contributed by atoms with Crippen molar-refractivity contribution in [3.05, 3.63) is 65.2 Å². The molecule has 1 aliphatic rings. The van der Waals surface area contributed by atoms with Gasteiger partial charge in [0, 0.05) is 29.6 Å². The highest BCUT2D eigenvalue weighted by Crippen LogP contribution is 2.37. The normalized spacial score (nSPS) is 20.2. The lowest BCUT2D eigenvalue weighted by atomic mass is 9.82. The lowest BCUT2D eigenvalue weighted by Gasteiger charge is -2.34. The van der Waals surface area contributed by atoms with E-state index >= 15 is 0 Å². The molecule has 3 amide bonds. The van der Waals surface area contributed by atoms with E-state index in [2.05, 4.69) is 10.6 Å². The van der Waals surface area contributed by atoms with Crippen LogP contribution < -0.4 is 10.6 Å². The quantitative estimate of drug-likeness (QED) is 0.338. The SMILES string of the molecule is Cc1c(O)cccc1C(=O)N[C@@H](Cc1ccccc1)[C@H](O)C(=O)N1C[C@@H](O)C(C)(C)[C@H]1C(=O)NCC(C)C. The van der Waals surface area contributed by atoms with Crippen LogP contribution in [-0.2, 0) is 16.0 Å². The first-order valence-electron chi connectivity index (χ1n) is 12.9. The average Bonchev–Trinajstić information content (AvgIpc) is 3.11. The number of benzene rings is 2. The highest BCUT2D eigenvalue weighted by Gasteiger charge is 2.54. The zero-order valence-electron chi connectivity index (χ0n) is 22.6. The third-order valence-corrected chi connectivity index (χ3v) is 7.26. The fraction of sp³-hybridized carbons (Fsp3) is 0.483. The number of aliphatic hydroxyl groups is 2. The van der Waals surface area contributed by atoms with E-state index in [1.165, 1.54) is 11.0 Å². The van der Waals surface area contributed by atoms with Crippen molar-refractivity contribution in [2.24, 2.45) is 11.3 Å². The van der Waals surface area contributed by atoms with Crippen LogP contribution in [0.5, 0.6) is 5.75 Å². The van der Waals surface area contributed by atoms with Crippen molar-refractivity contribution in [1.82, 2.24) is 15.5 Å². The number of hydrogen-bond donors (Lipinski definition) is 5. The van der Waals surface area contributed by atoms with E-state index in [-0.39, 0.29) is 30.2 Å². The number of β-amino-alcohol motifs (C(OH)–C–C–N with tert-alkyl or cyclic N) is 1. The molecule has 5 N–H and O–H groups in total. The summed E-state index contributed by atoms with van der Waals surface area (Å²) in [5.41, 5.74) is 0.417. The molecular weight excluding hydrogens is 486 g/mol. The van der Waals surface area contributed by atoms with Gasteiger partial charge in [0.05, 0.1) is 12.1 Å². The first kappa shape index (κ1) is 29.1. The molecule has 1 heterocycles. The standard InChI is InChI=1S/C29H39N3O6/c1-17(2)15-30-27(37)25-29(4,5)23(34)16-32(25)28(38)24(35)21(14-19-10-7-6-8-11-19)31-26(36)20-12-9-13-22(33)18(20)3/h6-13,17,21,23-25,33-35H,14-16H2,1-5H3,(H,30,37)(H,31,36)/t21-,23+,24-,25+/m0/s1. The fourth-order valence-electron chi connectivity index (χ4n) is 4.78.